The van der Waals surface area contributed by atoms with Gasteiger partial charge in [0.1, 0.15) is 0 Å². The van der Waals surface area contributed by atoms with Crippen molar-refractivity contribution in [1.29, 1.82) is 0 Å². The molecule has 1 atom stereocenters. The summed E-state index contributed by atoms with van der Waals surface area (Å²) in [6.07, 6.45) is 4.25. The second kappa shape index (κ2) is 4.84. The van der Waals surface area contributed by atoms with E-state index in [1.165, 1.54) is 15.6 Å². The molecule has 0 fully saturated rings. The number of nitrogens with zero attached hydrogens (tertiary/aromatic N) is 2. The van der Waals surface area contributed by atoms with Gasteiger partial charge in [-0.1, -0.05) is 18.2 Å². The molecule has 0 bridgehead atoms. The molecular formula is C14H13N3S. The van der Waals surface area contributed by atoms with Gasteiger partial charge in [-0.05, 0) is 40.4 Å². The zero-order chi connectivity index (χ0) is 12.4. The fourth-order valence-electron chi connectivity index (χ4n) is 2.07. The Hall–Kier alpha value is -1.78. The molecule has 3 nitrogen and oxygen atoms in total. The van der Waals surface area contributed by atoms with Gasteiger partial charge in [-0.3, -0.25) is 0 Å². The molecule has 3 rings (SSSR count). The SMILES string of the molecule is NC(Cc1csc2ccccc12)c1ccnnc1. The Balaban J connectivity index is 1.89. The van der Waals surface area contributed by atoms with Crippen LogP contribution in [-0.4, -0.2) is 10.2 Å². The molecule has 2 aromatic heterocycles. The summed E-state index contributed by atoms with van der Waals surface area (Å²) < 4.78 is 1.31. The van der Waals surface area contributed by atoms with Gasteiger partial charge in [0.15, 0.2) is 0 Å². The maximum absolute atomic E-state index is 6.21. The molecule has 3 aromatic rings. The Morgan fingerprint density at radius 1 is 1.17 bits per heavy atom. The molecule has 0 amide bonds. The van der Waals surface area contributed by atoms with Gasteiger partial charge in [-0.25, -0.2) is 0 Å². The van der Waals surface area contributed by atoms with Crippen LogP contribution in [0.15, 0.2) is 48.1 Å². The lowest BCUT2D eigenvalue weighted by Gasteiger charge is -2.10. The quantitative estimate of drug-likeness (QED) is 0.783. The minimum Gasteiger partial charge on any atom is -0.324 e. The normalized spacial score (nSPS) is 12.7. The van der Waals surface area contributed by atoms with Crippen molar-refractivity contribution in [3.63, 3.8) is 0 Å². The summed E-state index contributed by atoms with van der Waals surface area (Å²) in [5, 5.41) is 11.1. The predicted molar refractivity (Wildman–Crippen MR) is 74.5 cm³/mol. The lowest BCUT2D eigenvalue weighted by Crippen LogP contribution is -2.13. The number of thiophene rings is 1. The molecule has 0 saturated carbocycles. The smallest absolute Gasteiger partial charge is 0.0544 e. The molecule has 18 heavy (non-hydrogen) atoms. The van der Waals surface area contributed by atoms with Crippen LogP contribution in [0.1, 0.15) is 17.2 Å². The summed E-state index contributed by atoms with van der Waals surface area (Å²) in [4.78, 5) is 0. The molecule has 1 aromatic carbocycles. The Bertz CT molecular complexity index is 648. The molecule has 2 heterocycles. The first kappa shape index (κ1) is 11.3. The Labute approximate surface area is 109 Å². The number of fused-ring (bicyclic) bond motifs is 1. The van der Waals surface area contributed by atoms with Crippen molar-refractivity contribution >= 4 is 21.4 Å². The molecular weight excluding hydrogens is 242 g/mol. The highest BCUT2D eigenvalue weighted by Gasteiger charge is 2.10. The number of benzene rings is 1. The van der Waals surface area contributed by atoms with Gasteiger partial charge < -0.3 is 5.73 Å². The van der Waals surface area contributed by atoms with Crippen LogP contribution in [0.4, 0.5) is 0 Å². The molecule has 90 valence electrons. The van der Waals surface area contributed by atoms with E-state index in [9.17, 15) is 0 Å². The molecule has 0 radical (unpaired) electrons. The molecule has 1 unspecified atom stereocenters. The van der Waals surface area contributed by atoms with Crippen molar-refractivity contribution in [2.75, 3.05) is 0 Å². The minimum absolute atomic E-state index is 0.0292. The van der Waals surface area contributed by atoms with Crippen LogP contribution < -0.4 is 5.73 Å². The molecule has 0 aliphatic carbocycles. The summed E-state index contributed by atoms with van der Waals surface area (Å²) in [6.45, 7) is 0. The topological polar surface area (TPSA) is 51.8 Å². The van der Waals surface area contributed by atoms with Gasteiger partial charge in [0.05, 0.1) is 6.20 Å². The van der Waals surface area contributed by atoms with Crippen molar-refractivity contribution in [2.24, 2.45) is 5.73 Å². The van der Waals surface area contributed by atoms with Gasteiger partial charge >= 0.3 is 0 Å². The number of hydrogen-bond acceptors (Lipinski definition) is 4. The molecule has 0 aliphatic heterocycles. The second-order valence-electron chi connectivity index (χ2n) is 4.24. The highest BCUT2D eigenvalue weighted by molar-refractivity contribution is 7.17. The number of nitrogens with two attached hydrogens (primary N) is 1. The maximum atomic E-state index is 6.21. The highest BCUT2D eigenvalue weighted by atomic mass is 32.1. The Kier molecular flexibility index (Phi) is 3.04. The monoisotopic (exact) mass is 255 g/mol. The Morgan fingerprint density at radius 3 is 2.89 bits per heavy atom. The number of hydrogen-bond donors (Lipinski definition) is 1. The fourth-order valence-corrected chi connectivity index (χ4v) is 3.04. The summed E-state index contributed by atoms with van der Waals surface area (Å²) in [6, 6.07) is 10.3. The van der Waals surface area contributed by atoms with Crippen molar-refractivity contribution < 1.29 is 0 Å². The second-order valence-corrected chi connectivity index (χ2v) is 5.15. The van der Waals surface area contributed by atoms with E-state index in [0.29, 0.717) is 0 Å². The molecule has 0 aliphatic rings. The first-order valence-corrected chi connectivity index (χ1v) is 6.70. The lowest BCUT2D eigenvalue weighted by molar-refractivity contribution is 0.717. The van der Waals surface area contributed by atoms with E-state index in [2.05, 4.69) is 39.8 Å². The van der Waals surface area contributed by atoms with E-state index >= 15 is 0 Å². The van der Waals surface area contributed by atoms with E-state index in [-0.39, 0.29) is 6.04 Å². The fraction of sp³-hybridized carbons (Fsp3) is 0.143. The third-order valence-corrected chi connectivity index (χ3v) is 4.05. The standard InChI is InChI=1S/C14H13N3S/c15-13(10-5-6-16-17-8-10)7-11-9-18-14-4-2-1-3-12(11)14/h1-6,8-9,13H,7,15H2. The van der Waals surface area contributed by atoms with Crippen molar-refractivity contribution in [1.82, 2.24) is 10.2 Å². The van der Waals surface area contributed by atoms with Gasteiger partial charge in [0.2, 0.25) is 0 Å². The molecule has 0 spiro atoms. The van der Waals surface area contributed by atoms with Crippen LogP contribution in [0.5, 0.6) is 0 Å². The third-order valence-electron chi connectivity index (χ3n) is 3.04. The van der Waals surface area contributed by atoms with Gasteiger partial charge in [0, 0.05) is 16.9 Å². The molecule has 4 heteroatoms. The van der Waals surface area contributed by atoms with Crippen LogP contribution in [0.25, 0.3) is 10.1 Å². The first-order chi connectivity index (χ1) is 8.84. The van der Waals surface area contributed by atoms with E-state index < -0.39 is 0 Å². The van der Waals surface area contributed by atoms with Gasteiger partial charge in [-0.15, -0.1) is 11.3 Å². The number of rotatable bonds is 3. The zero-order valence-electron chi connectivity index (χ0n) is 9.78. The number of aromatic nitrogens is 2. The maximum Gasteiger partial charge on any atom is 0.0544 e. The van der Waals surface area contributed by atoms with E-state index in [0.717, 1.165) is 12.0 Å². The van der Waals surface area contributed by atoms with Crippen LogP contribution in [0.3, 0.4) is 0 Å². The average molecular weight is 255 g/mol. The van der Waals surface area contributed by atoms with E-state index in [1.54, 1.807) is 23.7 Å². The Morgan fingerprint density at radius 2 is 2.06 bits per heavy atom. The summed E-state index contributed by atoms with van der Waals surface area (Å²) in [5.74, 6) is 0. The summed E-state index contributed by atoms with van der Waals surface area (Å²) >= 11 is 1.77. The van der Waals surface area contributed by atoms with Gasteiger partial charge in [-0.2, -0.15) is 10.2 Å². The highest BCUT2D eigenvalue weighted by Crippen LogP contribution is 2.28. The van der Waals surface area contributed by atoms with E-state index in [1.807, 2.05) is 6.07 Å². The minimum atomic E-state index is -0.0292. The van der Waals surface area contributed by atoms with E-state index in [4.69, 9.17) is 5.73 Å². The van der Waals surface area contributed by atoms with Crippen LogP contribution in [0, 0.1) is 0 Å². The molecule has 0 saturated heterocycles. The van der Waals surface area contributed by atoms with Crippen LogP contribution in [0.2, 0.25) is 0 Å². The van der Waals surface area contributed by atoms with Crippen molar-refractivity contribution in [3.8, 4) is 0 Å². The summed E-state index contributed by atoms with van der Waals surface area (Å²) in [7, 11) is 0. The average Bonchev–Trinajstić information content (AvgIpc) is 2.83. The van der Waals surface area contributed by atoms with Gasteiger partial charge in [0.25, 0.3) is 0 Å². The predicted octanol–water partition coefficient (Wildman–Crippen LogP) is 2.93. The molecule has 2 N–H and O–H groups in total. The largest absolute Gasteiger partial charge is 0.324 e. The lowest BCUT2D eigenvalue weighted by atomic mass is 10.0. The summed E-state index contributed by atoms with van der Waals surface area (Å²) in [5.41, 5.74) is 8.55. The first-order valence-electron chi connectivity index (χ1n) is 5.82. The third kappa shape index (κ3) is 2.12. The zero-order valence-corrected chi connectivity index (χ0v) is 10.6. The van der Waals surface area contributed by atoms with Crippen LogP contribution >= 0.6 is 11.3 Å². The van der Waals surface area contributed by atoms with Crippen molar-refractivity contribution in [2.45, 2.75) is 12.5 Å². The van der Waals surface area contributed by atoms with Crippen LogP contribution in [-0.2, 0) is 6.42 Å². The van der Waals surface area contributed by atoms with Crippen molar-refractivity contribution in [3.05, 3.63) is 59.2 Å².